The number of piperidine rings is 1. The summed E-state index contributed by atoms with van der Waals surface area (Å²) < 4.78 is 15.2. The first-order chi connectivity index (χ1) is 25.2. The van der Waals surface area contributed by atoms with Crippen LogP contribution in [0.3, 0.4) is 0 Å². The van der Waals surface area contributed by atoms with Crippen LogP contribution in [-0.4, -0.2) is 90.3 Å². The Kier molecular flexibility index (Phi) is 11.0. The van der Waals surface area contributed by atoms with E-state index in [1.165, 1.54) is 16.0 Å². The van der Waals surface area contributed by atoms with Gasteiger partial charge in [0.2, 0.25) is 0 Å². The molecule has 272 valence electrons. The highest BCUT2D eigenvalue weighted by molar-refractivity contribution is 7.15. The summed E-state index contributed by atoms with van der Waals surface area (Å²) in [4.78, 5) is 11.4. The molecule has 0 bridgehead atoms. The number of hydrogen-bond acceptors (Lipinski definition) is 9. The summed E-state index contributed by atoms with van der Waals surface area (Å²) in [7, 11) is 6.05. The first-order valence-corrected chi connectivity index (χ1v) is 19.3. The number of halogens is 1. The number of aromatic nitrogens is 3. The molecule has 52 heavy (non-hydrogen) atoms. The predicted molar refractivity (Wildman–Crippen MR) is 213 cm³/mol. The third-order valence-electron chi connectivity index (χ3n) is 10.1. The van der Waals surface area contributed by atoms with Crippen LogP contribution >= 0.6 is 22.9 Å². The summed E-state index contributed by atoms with van der Waals surface area (Å²) in [5.41, 5.74) is 7.75. The summed E-state index contributed by atoms with van der Waals surface area (Å²) in [6.45, 7) is 10.7. The molecule has 0 saturated carbocycles. The zero-order valence-corrected chi connectivity index (χ0v) is 32.5. The Morgan fingerprint density at radius 2 is 1.67 bits per heavy atom. The van der Waals surface area contributed by atoms with Crippen molar-refractivity contribution in [2.45, 2.75) is 52.2 Å². The third-order valence-corrected chi connectivity index (χ3v) is 11.6. The zero-order valence-electron chi connectivity index (χ0n) is 30.9. The molecule has 0 spiro atoms. The van der Waals surface area contributed by atoms with Gasteiger partial charge in [0.25, 0.3) is 0 Å². The van der Waals surface area contributed by atoms with Crippen molar-refractivity contribution < 1.29 is 9.47 Å². The van der Waals surface area contributed by atoms with Crippen LogP contribution in [0.5, 0.6) is 11.5 Å². The maximum absolute atomic E-state index is 6.60. The SMILES string of the molecule is CNc1ccc(-c2ccc(OC3CCN(CC[C@@H]4N=C(c5ccc(Cl)cc5)c5c(sc(C)c5C)-n5c(C)nnc54)CC3)cc2OCCN(C)C)cc1. The van der Waals surface area contributed by atoms with Gasteiger partial charge in [0, 0.05) is 71.6 Å². The molecule has 2 aromatic heterocycles. The Balaban J connectivity index is 1.04. The number of aryl methyl sites for hydroxylation is 2. The number of nitrogens with one attached hydrogen (secondary N) is 1. The number of aliphatic imine (C=N–C) groups is 1. The summed E-state index contributed by atoms with van der Waals surface area (Å²) in [6, 6.07) is 22.6. The molecule has 0 aliphatic carbocycles. The molecule has 0 radical (unpaired) electrons. The van der Waals surface area contributed by atoms with Crippen LogP contribution < -0.4 is 14.8 Å². The smallest absolute Gasteiger partial charge is 0.163 e. The minimum absolute atomic E-state index is 0.126. The van der Waals surface area contributed by atoms with Crippen LogP contribution in [0, 0.1) is 20.8 Å². The fourth-order valence-electron chi connectivity index (χ4n) is 7.03. The first-order valence-electron chi connectivity index (χ1n) is 18.1. The van der Waals surface area contributed by atoms with Crippen LogP contribution in [0.15, 0.2) is 71.7 Å². The largest absolute Gasteiger partial charge is 0.491 e. The Morgan fingerprint density at radius 1 is 0.942 bits per heavy atom. The molecule has 0 unspecified atom stereocenters. The number of anilines is 1. The highest BCUT2D eigenvalue weighted by Crippen LogP contribution is 2.40. The van der Waals surface area contributed by atoms with Gasteiger partial charge < -0.3 is 24.6 Å². The number of ether oxygens (including phenoxy) is 2. The fourth-order valence-corrected chi connectivity index (χ4v) is 8.37. The molecule has 1 fully saturated rings. The van der Waals surface area contributed by atoms with E-state index in [-0.39, 0.29) is 12.1 Å². The second-order valence-corrected chi connectivity index (χ2v) is 15.6. The van der Waals surface area contributed by atoms with Crippen LogP contribution in [0.4, 0.5) is 5.69 Å². The average Bonchev–Trinajstić information content (AvgIpc) is 3.62. The highest BCUT2D eigenvalue weighted by atomic mass is 35.5. The van der Waals surface area contributed by atoms with Gasteiger partial charge in [-0.15, -0.1) is 21.5 Å². The zero-order chi connectivity index (χ0) is 36.4. The van der Waals surface area contributed by atoms with Crippen molar-refractivity contribution in [2.24, 2.45) is 4.99 Å². The summed E-state index contributed by atoms with van der Waals surface area (Å²) in [6.07, 6.45) is 2.91. The number of fused-ring (bicyclic) bond motifs is 3. The first kappa shape index (κ1) is 36.2. The van der Waals surface area contributed by atoms with Gasteiger partial charge in [-0.2, -0.15) is 0 Å². The van der Waals surface area contributed by atoms with Gasteiger partial charge >= 0.3 is 0 Å². The lowest BCUT2D eigenvalue weighted by Crippen LogP contribution is -2.39. The van der Waals surface area contributed by atoms with Crippen LogP contribution in [0.2, 0.25) is 5.02 Å². The van der Waals surface area contributed by atoms with Gasteiger partial charge in [0.1, 0.15) is 41.1 Å². The lowest BCUT2D eigenvalue weighted by Gasteiger charge is -2.32. The summed E-state index contributed by atoms with van der Waals surface area (Å²) in [5, 5.41) is 14.3. The van der Waals surface area contributed by atoms with Gasteiger partial charge in [-0.05, 0) is 102 Å². The Labute approximate surface area is 316 Å². The van der Waals surface area contributed by atoms with Gasteiger partial charge in [-0.1, -0.05) is 35.9 Å². The second-order valence-electron chi connectivity index (χ2n) is 14.0. The van der Waals surface area contributed by atoms with Crippen molar-refractivity contribution in [3.8, 4) is 27.6 Å². The predicted octanol–water partition coefficient (Wildman–Crippen LogP) is 8.38. The van der Waals surface area contributed by atoms with E-state index in [1.54, 1.807) is 11.3 Å². The molecule has 2 aliphatic rings. The Hall–Kier alpha value is -4.22. The molecular formula is C41H48ClN7O2S. The minimum atomic E-state index is -0.126. The van der Waals surface area contributed by atoms with Crippen molar-refractivity contribution >= 4 is 34.3 Å². The van der Waals surface area contributed by atoms with E-state index >= 15 is 0 Å². The summed E-state index contributed by atoms with van der Waals surface area (Å²) in [5.74, 6) is 3.49. The lowest BCUT2D eigenvalue weighted by molar-refractivity contribution is 0.0984. The average molecular weight is 738 g/mol. The van der Waals surface area contributed by atoms with E-state index < -0.39 is 0 Å². The third kappa shape index (κ3) is 7.76. The van der Waals surface area contributed by atoms with Gasteiger partial charge in [0.05, 0.1) is 5.71 Å². The van der Waals surface area contributed by atoms with Crippen molar-refractivity contribution in [1.82, 2.24) is 24.6 Å². The normalized spacial score (nSPS) is 16.3. The molecule has 5 aromatic rings. The second kappa shape index (κ2) is 15.8. The van der Waals surface area contributed by atoms with E-state index in [2.05, 4.69) is 107 Å². The maximum atomic E-state index is 6.60. The molecule has 0 amide bonds. The van der Waals surface area contributed by atoms with Crippen molar-refractivity contribution in [2.75, 3.05) is 59.2 Å². The van der Waals surface area contributed by atoms with Gasteiger partial charge in [-0.3, -0.25) is 9.56 Å². The molecule has 1 atom stereocenters. The number of likely N-dealkylation sites (N-methyl/N-ethyl adjacent to an activating group) is 1. The monoisotopic (exact) mass is 737 g/mol. The van der Waals surface area contributed by atoms with E-state index in [9.17, 15) is 0 Å². The minimum Gasteiger partial charge on any atom is -0.491 e. The molecule has 11 heteroatoms. The van der Waals surface area contributed by atoms with E-state index in [0.29, 0.717) is 6.61 Å². The van der Waals surface area contributed by atoms with E-state index in [4.69, 9.17) is 31.2 Å². The highest BCUT2D eigenvalue weighted by Gasteiger charge is 2.32. The molecule has 4 heterocycles. The number of benzene rings is 3. The number of hydrogen-bond donors (Lipinski definition) is 1. The fraction of sp³-hybridized carbons (Fsp3) is 0.390. The van der Waals surface area contributed by atoms with Crippen LogP contribution in [0.25, 0.3) is 16.1 Å². The number of nitrogens with zero attached hydrogens (tertiary/aromatic N) is 6. The lowest BCUT2D eigenvalue weighted by atomic mass is 9.99. The maximum Gasteiger partial charge on any atom is 0.163 e. The number of thiophene rings is 1. The van der Waals surface area contributed by atoms with Crippen molar-refractivity contribution in [3.05, 3.63) is 105 Å². The Morgan fingerprint density at radius 3 is 2.38 bits per heavy atom. The standard InChI is InChI=1S/C41H48ClN7O2S/c1-26-27(2)52-41-38(26)39(30-7-11-31(42)12-8-30)44-36(40-46-45-28(3)49(40)41)19-22-48-20-17-33(18-21-48)51-34-15-16-35(29-9-13-32(43-4)14-10-29)37(25-34)50-24-23-47(5)6/h7-16,25,33,36,43H,17-24H2,1-6H3/t36-/m0/s1. The molecule has 3 aromatic carbocycles. The van der Waals surface area contributed by atoms with Crippen LogP contribution in [-0.2, 0) is 0 Å². The van der Waals surface area contributed by atoms with Gasteiger partial charge in [0.15, 0.2) is 5.82 Å². The molecule has 1 saturated heterocycles. The molecular weight excluding hydrogens is 690 g/mol. The quantitative estimate of drug-likeness (QED) is 0.138. The van der Waals surface area contributed by atoms with E-state index in [0.717, 1.165) is 107 Å². The molecule has 7 rings (SSSR count). The van der Waals surface area contributed by atoms with E-state index in [1.807, 2.05) is 26.1 Å². The topological polar surface area (TPSA) is 80.0 Å². The summed E-state index contributed by atoms with van der Waals surface area (Å²) >= 11 is 8.09. The van der Waals surface area contributed by atoms with Crippen molar-refractivity contribution in [3.63, 3.8) is 0 Å². The van der Waals surface area contributed by atoms with Gasteiger partial charge in [-0.25, -0.2) is 0 Å². The molecule has 1 N–H and O–H groups in total. The number of rotatable bonds is 12. The van der Waals surface area contributed by atoms with Crippen molar-refractivity contribution in [1.29, 1.82) is 0 Å². The Bertz CT molecular complexity index is 2030. The number of likely N-dealkylation sites (tertiary alicyclic amines) is 1. The van der Waals surface area contributed by atoms with Crippen LogP contribution in [0.1, 0.15) is 58.5 Å². The molecule has 2 aliphatic heterocycles. The molecule has 9 nitrogen and oxygen atoms in total.